The van der Waals surface area contributed by atoms with Crippen LogP contribution >= 0.6 is 0 Å². The third-order valence-electron chi connectivity index (χ3n) is 3.85. The van der Waals surface area contributed by atoms with Crippen LogP contribution in [0.1, 0.15) is 29.9 Å². The zero-order valence-corrected chi connectivity index (χ0v) is 13.3. The van der Waals surface area contributed by atoms with E-state index in [4.69, 9.17) is 14.4 Å². The Bertz CT molecular complexity index is 893. The quantitative estimate of drug-likeness (QED) is 0.782. The predicted molar refractivity (Wildman–Crippen MR) is 88.5 cm³/mol. The summed E-state index contributed by atoms with van der Waals surface area (Å²) in [6.45, 7) is 4.00. The van der Waals surface area contributed by atoms with Crippen LogP contribution in [0.25, 0.3) is 11.0 Å². The van der Waals surface area contributed by atoms with Crippen molar-refractivity contribution in [1.82, 2.24) is 4.98 Å². The number of pyridine rings is 1. The zero-order chi connectivity index (χ0) is 16.4. The lowest BCUT2D eigenvalue weighted by atomic mass is 10.1. The highest BCUT2D eigenvalue weighted by Crippen LogP contribution is 2.33. The molecule has 0 amide bonds. The first-order valence-corrected chi connectivity index (χ1v) is 7.32. The molecule has 1 N–H and O–H groups in total. The number of nitrogens with zero attached hydrogens (tertiary/aromatic N) is 2. The number of hydrogen-bond donors (Lipinski definition) is 1. The summed E-state index contributed by atoms with van der Waals surface area (Å²) in [4.78, 5) is 4.23. The number of methoxy groups -OCH3 is 1. The van der Waals surface area contributed by atoms with Gasteiger partial charge >= 0.3 is 0 Å². The fourth-order valence-electron chi connectivity index (χ4n) is 2.64. The minimum atomic E-state index is -0.115. The molecule has 1 aromatic carbocycles. The lowest BCUT2D eigenvalue weighted by molar-refractivity contribution is 0.415. The number of nitriles is 1. The second-order valence-corrected chi connectivity index (χ2v) is 5.33. The van der Waals surface area contributed by atoms with E-state index >= 15 is 0 Å². The van der Waals surface area contributed by atoms with Crippen molar-refractivity contribution in [3.63, 3.8) is 0 Å². The average molecular weight is 307 g/mol. The number of ether oxygens (including phenoxy) is 1. The number of benzene rings is 1. The molecule has 0 spiro atoms. The van der Waals surface area contributed by atoms with Crippen molar-refractivity contribution in [2.75, 3.05) is 12.4 Å². The Morgan fingerprint density at radius 3 is 2.91 bits per heavy atom. The lowest BCUT2D eigenvalue weighted by Crippen LogP contribution is -2.09. The molecule has 5 heteroatoms. The van der Waals surface area contributed by atoms with E-state index in [0.717, 1.165) is 28.0 Å². The average Bonchev–Trinajstić information content (AvgIpc) is 2.91. The molecule has 3 aromatic rings. The number of furan rings is 1. The Labute approximate surface area is 134 Å². The minimum Gasteiger partial charge on any atom is -0.497 e. The smallest absolute Gasteiger partial charge is 0.144 e. The van der Waals surface area contributed by atoms with Gasteiger partial charge in [-0.15, -0.1) is 0 Å². The molecule has 1 atom stereocenters. The highest BCUT2D eigenvalue weighted by Gasteiger charge is 2.18. The third-order valence-corrected chi connectivity index (χ3v) is 3.85. The molecule has 116 valence electrons. The topological polar surface area (TPSA) is 71.1 Å². The summed E-state index contributed by atoms with van der Waals surface area (Å²) in [5.74, 6) is 2.17. The molecular weight excluding hydrogens is 290 g/mol. The van der Waals surface area contributed by atoms with Gasteiger partial charge in [0.1, 0.15) is 29.0 Å². The van der Waals surface area contributed by atoms with Crippen LogP contribution in [0.2, 0.25) is 0 Å². The maximum atomic E-state index is 9.16. The van der Waals surface area contributed by atoms with Crippen molar-refractivity contribution < 1.29 is 9.15 Å². The van der Waals surface area contributed by atoms with E-state index in [1.165, 1.54) is 0 Å². The molecule has 1 unspecified atom stereocenters. The van der Waals surface area contributed by atoms with Crippen LogP contribution in [-0.2, 0) is 0 Å². The van der Waals surface area contributed by atoms with E-state index in [1.54, 1.807) is 25.4 Å². The maximum absolute atomic E-state index is 9.16. The summed E-state index contributed by atoms with van der Waals surface area (Å²) in [5.41, 5.74) is 2.37. The summed E-state index contributed by atoms with van der Waals surface area (Å²) in [6, 6.07) is 11.2. The largest absolute Gasteiger partial charge is 0.497 e. The van der Waals surface area contributed by atoms with Crippen molar-refractivity contribution in [2.45, 2.75) is 19.9 Å². The number of aryl methyl sites for hydroxylation is 1. The molecule has 5 nitrogen and oxygen atoms in total. The van der Waals surface area contributed by atoms with Crippen LogP contribution in [0.3, 0.4) is 0 Å². The fraction of sp³-hybridized carbons (Fsp3) is 0.222. The molecule has 0 fully saturated rings. The summed E-state index contributed by atoms with van der Waals surface area (Å²) in [5, 5.41) is 13.4. The Kier molecular flexibility index (Phi) is 3.90. The summed E-state index contributed by atoms with van der Waals surface area (Å²) >= 11 is 0. The van der Waals surface area contributed by atoms with Crippen LogP contribution in [0, 0.1) is 18.3 Å². The monoisotopic (exact) mass is 307 g/mol. The summed E-state index contributed by atoms with van der Waals surface area (Å²) in [7, 11) is 1.65. The van der Waals surface area contributed by atoms with Gasteiger partial charge in [0.25, 0.3) is 0 Å². The van der Waals surface area contributed by atoms with Gasteiger partial charge in [0, 0.05) is 17.1 Å². The van der Waals surface area contributed by atoms with Gasteiger partial charge in [-0.1, -0.05) is 0 Å². The zero-order valence-electron chi connectivity index (χ0n) is 13.3. The van der Waals surface area contributed by atoms with Crippen LogP contribution in [0.15, 0.2) is 40.9 Å². The summed E-state index contributed by atoms with van der Waals surface area (Å²) < 4.78 is 11.2. The fourth-order valence-corrected chi connectivity index (χ4v) is 2.64. The van der Waals surface area contributed by atoms with Gasteiger partial charge in [0.2, 0.25) is 0 Å². The molecule has 23 heavy (non-hydrogen) atoms. The Morgan fingerprint density at radius 1 is 1.35 bits per heavy atom. The van der Waals surface area contributed by atoms with E-state index in [-0.39, 0.29) is 6.04 Å². The van der Waals surface area contributed by atoms with E-state index in [1.807, 2.05) is 32.0 Å². The van der Waals surface area contributed by atoms with Gasteiger partial charge in [0.15, 0.2) is 0 Å². The van der Waals surface area contributed by atoms with E-state index < -0.39 is 0 Å². The molecule has 3 rings (SSSR count). The van der Waals surface area contributed by atoms with Gasteiger partial charge in [-0.3, -0.25) is 0 Å². The van der Waals surface area contributed by atoms with Gasteiger partial charge < -0.3 is 14.5 Å². The number of rotatable bonds is 4. The first kappa shape index (κ1) is 14.9. The Balaban J connectivity index is 1.96. The van der Waals surface area contributed by atoms with Gasteiger partial charge in [-0.05, 0) is 44.2 Å². The van der Waals surface area contributed by atoms with Gasteiger partial charge in [0.05, 0.1) is 18.7 Å². The van der Waals surface area contributed by atoms with Crippen LogP contribution in [0.5, 0.6) is 5.75 Å². The van der Waals surface area contributed by atoms with E-state index in [0.29, 0.717) is 11.4 Å². The van der Waals surface area contributed by atoms with Crippen molar-refractivity contribution >= 4 is 16.8 Å². The third kappa shape index (κ3) is 2.71. The number of nitrogens with one attached hydrogen (secondary N) is 1. The molecule has 0 aliphatic heterocycles. The molecule has 2 aromatic heterocycles. The molecule has 0 bridgehead atoms. The van der Waals surface area contributed by atoms with Crippen LogP contribution in [0.4, 0.5) is 5.82 Å². The molecule has 0 saturated carbocycles. The minimum absolute atomic E-state index is 0.115. The van der Waals surface area contributed by atoms with Crippen LogP contribution in [-0.4, -0.2) is 12.1 Å². The molecule has 0 aliphatic carbocycles. The first-order chi connectivity index (χ1) is 11.1. The lowest BCUT2D eigenvalue weighted by Gasteiger charge is -2.13. The van der Waals surface area contributed by atoms with E-state index in [9.17, 15) is 0 Å². The summed E-state index contributed by atoms with van der Waals surface area (Å²) in [6.07, 6.45) is 1.66. The highest BCUT2D eigenvalue weighted by molar-refractivity contribution is 5.83. The molecule has 2 heterocycles. The van der Waals surface area contributed by atoms with Crippen LogP contribution < -0.4 is 10.1 Å². The van der Waals surface area contributed by atoms with Crippen molar-refractivity contribution in [3.8, 4) is 11.8 Å². The number of hydrogen-bond acceptors (Lipinski definition) is 5. The number of aromatic nitrogens is 1. The normalized spacial score (nSPS) is 11.9. The van der Waals surface area contributed by atoms with Crippen molar-refractivity contribution in [1.29, 1.82) is 5.26 Å². The van der Waals surface area contributed by atoms with Gasteiger partial charge in [-0.25, -0.2) is 4.98 Å². The predicted octanol–water partition coefficient (Wildman–Crippen LogP) is 4.19. The second kappa shape index (κ2) is 6.01. The maximum Gasteiger partial charge on any atom is 0.144 e. The SMILES string of the molecule is COc1ccc2oc(C(C)Nc3ncccc3C#N)c(C)c2c1. The number of fused-ring (bicyclic) bond motifs is 1. The standard InChI is InChI=1S/C18H17N3O2/c1-11-15-9-14(22-3)6-7-16(15)23-17(11)12(2)21-18-13(10-19)5-4-8-20-18/h4-9,12H,1-3H3,(H,20,21). The van der Waals surface area contributed by atoms with E-state index in [2.05, 4.69) is 16.4 Å². The second-order valence-electron chi connectivity index (χ2n) is 5.33. The molecule has 0 aliphatic rings. The number of anilines is 1. The van der Waals surface area contributed by atoms with Crippen molar-refractivity contribution in [3.05, 3.63) is 53.4 Å². The molecule has 0 radical (unpaired) electrons. The Morgan fingerprint density at radius 2 is 2.17 bits per heavy atom. The first-order valence-electron chi connectivity index (χ1n) is 7.32. The van der Waals surface area contributed by atoms with Crippen molar-refractivity contribution in [2.24, 2.45) is 0 Å². The molecular formula is C18H17N3O2. The Hall–Kier alpha value is -3.00. The highest BCUT2D eigenvalue weighted by atomic mass is 16.5. The molecule has 0 saturated heterocycles. The van der Waals surface area contributed by atoms with Gasteiger partial charge in [-0.2, -0.15) is 5.26 Å².